The van der Waals surface area contributed by atoms with Gasteiger partial charge in [0.2, 0.25) is 0 Å². The first-order valence-corrected chi connectivity index (χ1v) is 6.41. The van der Waals surface area contributed by atoms with Gasteiger partial charge in [-0.25, -0.2) is 8.78 Å². The molecular formula is C15H14F2O3. The van der Waals surface area contributed by atoms with Crippen LogP contribution in [0.15, 0.2) is 28.7 Å². The lowest BCUT2D eigenvalue weighted by molar-refractivity contribution is -0.142. The normalized spacial score (nSPS) is 23.8. The highest BCUT2D eigenvalue weighted by atomic mass is 19.3. The highest BCUT2D eigenvalue weighted by molar-refractivity contribution is 5.83. The SMILES string of the molecule is CC(=O)OCC1C(c2cccc3oc(C)cc23)C1(F)F. The monoisotopic (exact) mass is 280 g/mol. The van der Waals surface area contributed by atoms with Gasteiger partial charge in [-0.1, -0.05) is 12.1 Å². The molecule has 1 aromatic heterocycles. The highest BCUT2D eigenvalue weighted by Gasteiger charge is 2.69. The number of hydrogen-bond acceptors (Lipinski definition) is 3. The Morgan fingerprint density at radius 3 is 2.90 bits per heavy atom. The van der Waals surface area contributed by atoms with Gasteiger partial charge in [-0.15, -0.1) is 0 Å². The molecule has 5 heteroatoms. The van der Waals surface area contributed by atoms with Crippen molar-refractivity contribution in [3.8, 4) is 0 Å². The molecule has 2 unspecified atom stereocenters. The summed E-state index contributed by atoms with van der Waals surface area (Å²) in [6.45, 7) is 2.75. The Bertz CT molecular complexity index is 675. The molecule has 0 aliphatic heterocycles. The molecule has 1 heterocycles. The Morgan fingerprint density at radius 2 is 2.20 bits per heavy atom. The summed E-state index contributed by atoms with van der Waals surface area (Å²) in [5.41, 5.74) is 1.16. The van der Waals surface area contributed by atoms with Gasteiger partial charge < -0.3 is 9.15 Å². The molecule has 3 nitrogen and oxygen atoms in total. The van der Waals surface area contributed by atoms with E-state index in [1.54, 1.807) is 31.2 Å². The predicted molar refractivity (Wildman–Crippen MR) is 68.8 cm³/mol. The van der Waals surface area contributed by atoms with Crippen LogP contribution in [0.4, 0.5) is 8.78 Å². The fourth-order valence-corrected chi connectivity index (χ4v) is 2.71. The maximum atomic E-state index is 13.9. The Kier molecular flexibility index (Phi) is 2.81. The van der Waals surface area contributed by atoms with E-state index in [0.29, 0.717) is 22.3 Å². The van der Waals surface area contributed by atoms with E-state index in [2.05, 4.69) is 0 Å². The summed E-state index contributed by atoms with van der Waals surface area (Å²) in [7, 11) is 0. The van der Waals surface area contributed by atoms with Gasteiger partial charge in [0.05, 0.1) is 11.8 Å². The van der Waals surface area contributed by atoms with Crippen LogP contribution in [0.1, 0.15) is 24.2 Å². The molecule has 20 heavy (non-hydrogen) atoms. The van der Waals surface area contributed by atoms with E-state index in [0.717, 1.165) is 0 Å². The number of rotatable bonds is 3. The van der Waals surface area contributed by atoms with Gasteiger partial charge in [0.25, 0.3) is 5.92 Å². The third kappa shape index (κ3) is 1.97. The number of furan rings is 1. The Labute approximate surface area is 114 Å². The van der Waals surface area contributed by atoms with Gasteiger partial charge in [0.15, 0.2) is 0 Å². The van der Waals surface area contributed by atoms with Crippen LogP contribution in [0.2, 0.25) is 0 Å². The van der Waals surface area contributed by atoms with Gasteiger partial charge in [0, 0.05) is 12.3 Å². The summed E-state index contributed by atoms with van der Waals surface area (Å²) in [6.07, 6.45) is 0. The van der Waals surface area contributed by atoms with E-state index in [1.165, 1.54) is 6.92 Å². The van der Waals surface area contributed by atoms with E-state index in [1.807, 2.05) is 0 Å². The second kappa shape index (κ2) is 4.30. The summed E-state index contributed by atoms with van der Waals surface area (Å²) in [5, 5.41) is 0.708. The second-order valence-electron chi connectivity index (χ2n) is 5.18. The molecule has 0 radical (unpaired) electrons. The van der Waals surface area contributed by atoms with Crippen LogP contribution < -0.4 is 0 Å². The van der Waals surface area contributed by atoms with E-state index in [-0.39, 0.29) is 6.61 Å². The van der Waals surface area contributed by atoms with E-state index >= 15 is 0 Å². The molecule has 0 spiro atoms. The van der Waals surface area contributed by atoms with Crippen molar-refractivity contribution in [2.45, 2.75) is 25.7 Å². The number of ether oxygens (including phenoxy) is 1. The van der Waals surface area contributed by atoms with Crippen LogP contribution in [0.3, 0.4) is 0 Å². The average Bonchev–Trinajstić information content (AvgIpc) is 2.70. The molecule has 2 atom stereocenters. The maximum Gasteiger partial charge on any atom is 0.302 e. The van der Waals surface area contributed by atoms with Crippen LogP contribution in [-0.4, -0.2) is 18.5 Å². The van der Waals surface area contributed by atoms with E-state index < -0.39 is 23.7 Å². The van der Waals surface area contributed by atoms with Crippen molar-refractivity contribution in [1.29, 1.82) is 0 Å². The standard InChI is InChI=1S/C15H14F2O3/c1-8-6-11-10(4-3-5-13(11)20-8)14-12(15(14,16)17)7-19-9(2)18/h3-6,12,14H,7H2,1-2H3. The molecule has 1 aromatic carbocycles. The van der Waals surface area contributed by atoms with Crippen LogP contribution in [0.5, 0.6) is 0 Å². The summed E-state index contributed by atoms with van der Waals surface area (Å²) < 4.78 is 38.0. The lowest BCUT2D eigenvalue weighted by Crippen LogP contribution is -2.06. The summed E-state index contributed by atoms with van der Waals surface area (Å²) in [6, 6.07) is 6.91. The first-order valence-electron chi connectivity index (χ1n) is 6.41. The number of halogens is 2. The van der Waals surface area contributed by atoms with Crippen molar-refractivity contribution in [3.63, 3.8) is 0 Å². The Morgan fingerprint density at radius 1 is 1.45 bits per heavy atom. The molecule has 0 bridgehead atoms. The maximum absolute atomic E-state index is 13.9. The van der Waals surface area contributed by atoms with Crippen molar-refractivity contribution in [1.82, 2.24) is 0 Å². The minimum absolute atomic E-state index is 0.250. The van der Waals surface area contributed by atoms with Crippen LogP contribution >= 0.6 is 0 Å². The quantitative estimate of drug-likeness (QED) is 0.806. The largest absolute Gasteiger partial charge is 0.465 e. The number of hydrogen-bond donors (Lipinski definition) is 0. The number of carbonyl (C=O) groups excluding carboxylic acids is 1. The van der Waals surface area contributed by atoms with Crippen molar-refractivity contribution in [3.05, 3.63) is 35.6 Å². The number of benzene rings is 1. The molecule has 1 fully saturated rings. The first-order chi connectivity index (χ1) is 9.41. The molecule has 1 aliphatic carbocycles. The van der Waals surface area contributed by atoms with Crippen molar-refractivity contribution in [2.24, 2.45) is 5.92 Å². The van der Waals surface area contributed by atoms with Gasteiger partial charge in [-0.3, -0.25) is 4.79 Å². The van der Waals surface area contributed by atoms with Crippen molar-refractivity contribution < 1.29 is 22.7 Å². The van der Waals surface area contributed by atoms with Gasteiger partial charge >= 0.3 is 5.97 Å². The first kappa shape index (κ1) is 13.1. The smallest absolute Gasteiger partial charge is 0.302 e. The minimum Gasteiger partial charge on any atom is -0.465 e. The zero-order chi connectivity index (χ0) is 14.5. The van der Waals surface area contributed by atoms with Crippen LogP contribution in [0, 0.1) is 12.8 Å². The number of esters is 1. The van der Waals surface area contributed by atoms with Gasteiger partial charge in [0.1, 0.15) is 18.0 Å². The minimum atomic E-state index is -2.84. The fourth-order valence-electron chi connectivity index (χ4n) is 2.71. The third-order valence-corrected chi connectivity index (χ3v) is 3.72. The van der Waals surface area contributed by atoms with Crippen molar-refractivity contribution in [2.75, 3.05) is 6.61 Å². The molecule has 2 aromatic rings. The second-order valence-corrected chi connectivity index (χ2v) is 5.18. The van der Waals surface area contributed by atoms with Crippen LogP contribution in [-0.2, 0) is 9.53 Å². The lowest BCUT2D eigenvalue weighted by Gasteiger charge is -2.01. The molecule has 106 valence electrons. The molecule has 3 rings (SSSR count). The fraction of sp³-hybridized carbons (Fsp3) is 0.400. The Hall–Kier alpha value is -1.91. The summed E-state index contributed by atoms with van der Waals surface area (Å²) in [4.78, 5) is 10.8. The lowest BCUT2D eigenvalue weighted by atomic mass is 10.0. The van der Waals surface area contributed by atoms with Gasteiger partial charge in [-0.2, -0.15) is 0 Å². The summed E-state index contributed by atoms with van der Waals surface area (Å²) in [5.74, 6) is -4.55. The molecule has 0 saturated heterocycles. The van der Waals surface area contributed by atoms with Gasteiger partial charge in [-0.05, 0) is 24.6 Å². The molecule has 0 N–H and O–H groups in total. The molecule has 1 saturated carbocycles. The van der Waals surface area contributed by atoms with E-state index in [9.17, 15) is 13.6 Å². The number of fused-ring (bicyclic) bond motifs is 1. The average molecular weight is 280 g/mol. The van der Waals surface area contributed by atoms with E-state index in [4.69, 9.17) is 9.15 Å². The van der Waals surface area contributed by atoms with Crippen LogP contribution in [0.25, 0.3) is 11.0 Å². The van der Waals surface area contributed by atoms with Crippen molar-refractivity contribution >= 4 is 16.9 Å². The number of aryl methyl sites for hydroxylation is 1. The molecule has 0 amide bonds. The predicted octanol–water partition coefficient (Wildman–Crippen LogP) is 3.65. The topological polar surface area (TPSA) is 39.4 Å². The zero-order valence-corrected chi connectivity index (χ0v) is 11.2. The Balaban J connectivity index is 1.93. The zero-order valence-electron chi connectivity index (χ0n) is 11.2. The molecule has 1 aliphatic rings. The number of carbonyl (C=O) groups is 1. The third-order valence-electron chi connectivity index (χ3n) is 3.72. The summed E-state index contributed by atoms with van der Waals surface area (Å²) >= 11 is 0. The number of alkyl halides is 2. The highest BCUT2D eigenvalue weighted by Crippen LogP contribution is 2.62. The molecular weight excluding hydrogens is 266 g/mol.